The lowest BCUT2D eigenvalue weighted by Crippen LogP contribution is -2.55. The summed E-state index contributed by atoms with van der Waals surface area (Å²) in [5.74, 6) is 1.61. The summed E-state index contributed by atoms with van der Waals surface area (Å²) in [5.41, 5.74) is 11.5. The molecule has 4 aliphatic rings. The minimum absolute atomic E-state index is 0.215. The van der Waals surface area contributed by atoms with Crippen LogP contribution in [0, 0.1) is 11.8 Å². The third-order valence-corrected chi connectivity index (χ3v) is 14.4. The van der Waals surface area contributed by atoms with E-state index in [4.69, 9.17) is 0 Å². The second kappa shape index (κ2) is 12.3. The quantitative estimate of drug-likeness (QED) is 0.151. The summed E-state index contributed by atoms with van der Waals surface area (Å²) < 4.78 is 2.44. The lowest BCUT2D eigenvalue weighted by atomic mass is 9.37. The highest BCUT2D eigenvalue weighted by Gasteiger charge is 2.58. The van der Waals surface area contributed by atoms with Crippen molar-refractivity contribution in [3.8, 4) is 5.69 Å². The minimum Gasteiger partial charge on any atom is -0.309 e. The number of aromatic nitrogens is 1. The van der Waals surface area contributed by atoms with Crippen LogP contribution in [-0.2, 0) is 10.8 Å². The van der Waals surface area contributed by atoms with E-state index in [1.165, 1.54) is 104 Å². The van der Waals surface area contributed by atoms with Crippen molar-refractivity contribution in [2.45, 2.75) is 49.4 Å². The molecule has 268 valence electrons. The number of hydrogen-bond donors (Lipinski definition) is 0. The SMILES string of the molecule is c1ccc(B(c2ccccc2)c2ccc3cc(C45CC6CC(C4)CC(c4ccc7cc(-n8c9ccccc9c9ccccc98)ccc7c4)(C6)C5)ccc3c2)cc1. The molecule has 1 heterocycles. The number of nitrogens with zero attached hydrogens (tertiary/aromatic N) is 1. The van der Waals surface area contributed by atoms with Gasteiger partial charge in [0, 0.05) is 16.5 Å². The molecule has 0 radical (unpaired) electrons. The zero-order valence-electron chi connectivity index (χ0n) is 31.7. The lowest BCUT2D eigenvalue weighted by Gasteiger charge is -2.63. The van der Waals surface area contributed by atoms with Crippen LogP contribution in [0.5, 0.6) is 0 Å². The van der Waals surface area contributed by atoms with Crippen molar-refractivity contribution in [3.63, 3.8) is 0 Å². The summed E-state index contributed by atoms with van der Waals surface area (Å²) in [4.78, 5) is 0. The van der Waals surface area contributed by atoms with Crippen LogP contribution in [0.2, 0.25) is 0 Å². The maximum absolute atomic E-state index is 2.58. The summed E-state index contributed by atoms with van der Waals surface area (Å²) >= 11 is 0. The monoisotopic (exact) mass is 717 g/mol. The van der Waals surface area contributed by atoms with Crippen LogP contribution in [0.15, 0.2) is 182 Å². The minimum atomic E-state index is 0.215. The van der Waals surface area contributed by atoms with Gasteiger partial charge in [-0.05, 0) is 118 Å². The van der Waals surface area contributed by atoms with Crippen LogP contribution >= 0.6 is 0 Å². The molecule has 4 aliphatic carbocycles. The predicted octanol–water partition coefficient (Wildman–Crippen LogP) is 11.4. The molecule has 0 amide bonds. The molecule has 13 rings (SSSR count). The van der Waals surface area contributed by atoms with Crippen LogP contribution in [0.25, 0.3) is 49.0 Å². The Balaban J connectivity index is 0.892. The summed E-state index contributed by atoms with van der Waals surface area (Å²) in [7, 11) is 0. The Labute approximate surface area is 329 Å². The molecule has 1 nitrogen and oxygen atoms in total. The van der Waals surface area contributed by atoms with Gasteiger partial charge in [-0.1, -0.05) is 174 Å². The van der Waals surface area contributed by atoms with E-state index >= 15 is 0 Å². The highest BCUT2D eigenvalue weighted by atomic mass is 15.0. The van der Waals surface area contributed by atoms with Crippen LogP contribution in [0.1, 0.15) is 49.7 Å². The second-order valence-electron chi connectivity index (χ2n) is 17.7. The van der Waals surface area contributed by atoms with Gasteiger partial charge in [-0.25, -0.2) is 0 Å². The molecule has 4 fully saturated rings. The Kier molecular flexibility index (Phi) is 7.13. The third-order valence-electron chi connectivity index (χ3n) is 14.4. The van der Waals surface area contributed by atoms with E-state index in [2.05, 4.69) is 187 Å². The van der Waals surface area contributed by atoms with E-state index in [-0.39, 0.29) is 17.5 Å². The van der Waals surface area contributed by atoms with Gasteiger partial charge in [0.25, 0.3) is 0 Å². The van der Waals surface area contributed by atoms with Gasteiger partial charge >= 0.3 is 0 Å². The van der Waals surface area contributed by atoms with Crippen molar-refractivity contribution in [1.82, 2.24) is 4.57 Å². The molecule has 0 saturated heterocycles. The number of benzene rings is 8. The number of para-hydroxylation sites is 2. The Morgan fingerprint density at radius 3 is 1.45 bits per heavy atom. The topological polar surface area (TPSA) is 4.93 Å². The smallest absolute Gasteiger partial charge is 0.241 e. The Morgan fingerprint density at radius 2 is 0.875 bits per heavy atom. The number of rotatable bonds is 6. The molecule has 56 heavy (non-hydrogen) atoms. The standard InChI is InChI=1S/C54H44BN/c1-3-11-45(12-4-1)55(46-13-5-2-6-14-46)47-25-21-39-28-43(23-19-41(39)30-47)53-32-37-27-38(33-53)35-54(34-37,36-53)44-24-20-42-31-48(26-22-40(42)29-44)56-51-17-9-7-15-49(51)50-16-8-10-18-52(50)56/h1-26,28-31,37-38H,27,32-36H2. The molecule has 8 aromatic carbocycles. The normalized spacial score (nSPS) is 22.7. The Morgan fingerprint density at radius 1 is 0.411 bits per heavy atom. The molecule has 0 aliphatic heterocycles. The van der Waals surface area contributed by atoms with Gasteiger partial charge in [-0.15, -0.1) is 0 Å². The van der Waals surface area contributed by atoms with Gasteiger partial charge in [0.15, 0.2) is 0 Å². The summed E-state index contributed by atoms with van der Waals surface area (Å²) in [6.07, 6.45) is 8.05. The van der Waals surface area contributed by atoms with E-state index in [1.54, 1.807) is 11.1 Å². The summed E-state index contributed by atoms with van der Waals surface area (Å²) in [5, 5.41) is 8.03. The first kappa shape index (κ1) is 32.4. The maximum atomic E-state index is 2.58. The molecule has 4 saturated carbocycles. The number of fused-ring (bicyclic) bond motifs is 5. The second-order valence-corrected chi connectivity index (χ2v) is 17.7. The van der Waals surface area contributed by atoms with Crippen LogP contribution < -0.4 is 16.4 Å². The zero-order chi connectivity index (χ0) is 36.8. The van der Waals surface area contributed by atoms with Gasteiger partial charge in [0.1, 0.15) is 0 Å². The highest BCUT2D eigenvalue weighted by molar-refractivity contribution is 6.95. The Hall–Kier alpha value is -5.86. The molecule has 2 heteroatoms. The molecule has 0 spiro atoms. The van der Waals surface area contributed by atoms with Crippen molar-refractivity contribution in [2.75, 3.05) is 0 Å². The predicted molar refractivity (Wildman–Crippen MR) is 238 cm³/mol. The molecule has 2 atom stereocenters. The van der Waals surface area contributed by atoms with Gasteiger partial charge in [0.05, 0.1) is 11.0 Å². The molecule has 2 unspecified atom stereocenters. The fourth-order valence-corrected chi connectivity index (χ4v) is 12.5. The van der Waals surface area contributed by atoms with Crippen LogP contribution in [-0.4, -0.2) is 11.3 Å². The van der Waals surface area contributed by atoms with Crippen molar-refractivity contribution >= 4 is 66.5 Å². The first-order chi connectivity index (χ1) is 27.6. The van der Waals surface area contributed by atoms with E-state index < -0.39 is 0 Å². The molecule has 1 aromatic heterocycles. The molecule has 0 N–H and O–H groups in total. The van der Waals surface area contributed by atoms with Crippen molar-refractivity contribution in [3.05, 3.63) is 193 Å². The Bertz CT molecular complexity index is 2850. The van der Waals surface area contributed by atoms with Crippen molar-refractivity contribution in [1.29, 1.82) is 0 Å². The first-order valence-electron chi connectivity index (χ1n) is 20.8. The van der Waals surface area contributed by atoms with Crippen molar-refractivity contribution < 1.29 is 0 Å². The molecule has 4 bridgehead atoms. The molecular weight excluding hydrogens is 673 g/mol. The van der Waals surface area contributed by atoms with E-state index in [0.717, 1.165) is 11.8 Å². The summed E-state index contributed by atoms with van der Waals surface area (Å²) in [6, 6.07) is 69.0. The van der Waals surface area contributed by atoms with E-state index in [1.807, 2.05) is 0 Å². The average Bonchev–Trinajstić information content (AvgIpc) is 3.58. The zero-order valence-corrected chi connectivity index (χ0v) is 31.7. The lowest BCUT2D eigenvalue weighted by molar-refractivity contribution is -0.0280. The van der Waals surface area contributed by atoms with Crippen molar-refractivity contribution in [2.24, 2.45) is 11.8 Å². The fraction of sp³-hybridized carbons (Fsp3) is 0.185. The van der Waals surface area contributed by atoms with Crippen LogP contribution in [0.4, 0.5) is 0 Å². The summed E-state index contributed by atoms with van der Waals surface area (Å²) in [6.45, 7) is 0.215. The van der Waals surface area contributed by atoms with Gasteiger partial charge in [-0.3, -0.25) is 0 Å². The molecular formula is C54H44BN. The van der Waals surface area contributed by atoms with Crippen LogP contribution in [0.3, 0.4) is 0 Å². The van der Waals surface area contributed by atoms with Gasteiger partial charge < -0.3 is 4.57 Å². The fourth-order valence-electron chi connectivity index (χ4n) is 12.5. The first-order valence-corrected chi connectivity index (χ1v) is 20.8. The van der Waals surface area contributed by atoms with Gasteiger partial charge in [0.2, 0.25) is 6.71 Å². The van der Waals surface area contributed by atoms with E-state index in [0.29, 0.717) is 0 Å². The highest BCUT2D eigenvalue weighted by Crippen LogP contribution is 2.66. The molecule has 9 aromatic rings. The van der Waals surface area contributed by atoms with E-state index in [9.17, 15) is 0 Å². The largest absolute Gasteiger partial charge is 0.309 e. The number of hydrogen-bond acceptors (Lipinski definition) is 0. The average molecular weight is 718 g/mol. The third kappa shape index (κ3) is 5.01. The van der Waals surface area contributed by atoms with Gasteiger partial charge in [-0.2, -0.15) is 0 Å². The maximum Gasteiger partial charge on any atom is 0.241 e.